The average molecular weight is 384 g/mol. The Balaban J connectivity index is 1.89. The van der Waals surface area contributed by atoms with Gasteiger partial charge in [-0.15, -0.1) is 0 Å². The van der Waals surface area contributed by atoms with Gasteiger partial charge < -0.3 is 9.64 Å². The van der Waals surface area contributed by atoms with Crippen LogP contribution in [0.3, 0.4) is 0 Å². The molecule has 26 heavy (non-hydrogen) atoms. The molecule has 5 nitrogen and oxygen atoms in total. The quantitative estimate of drug-likeness (QED) is 0.793. The van der Waals surface area contributed by atoms with Crippen molar-refractivity contribution in [2.24, 2.45) is 5.92 Å². The second-order valence-electron chi connectivity index (χ2n) is 6.27. The molecule has 0 saturated carbocycles. The van der Waals surface area contributed by atoms with E-state index in [1.807, 2.05) is 11.8 Å². The van der Waals surface area contributed by atoms with Gasteiger partial charge in [-0.2, -0.15) is 9.78 Å². The number of hydrogen-bond acceptors (Lipinski definition) is 4. The molecule has 1 aliphatic heterocycles. The fourth-order valence-electron chi connectivity index (χ4n) is 3.17. The highest BCUT2D eigenvalue weighted by Gasteiger charge is 2.24. The lowest BCUT2D eigenvalue weighted by Crippen LogP contribution is -2.38. The monoisotopic (exact) mass is 383 g/mol. The van der Waals surface area contributed by atoms with Crippen LogP contribution in [0.2, 0.25) is 5.02 Å². The molecule has 1 saturated heterocycles. The summed E-state index contributed by atoms with van der Waals surface area (Å²) in [6.07, 6.45) is 3.47. The molecule has 0 bridgehead atoms. The molecule has 0 spiro atoms. The maximum Gasteiger partial charge on any atom is 0.292 e. The van der Waals surface area contributed by atoms with Gasteiger partial charge in [-0.05, 0) is 37.8 Å². The fourth-order valence-corrected chi connectivity index (χ4v) is 3.42. The van der Waals surface area contributed by atoms with Crippen molar-refractivity contribution in [1.82, 2.24) is 9.78 Å². The van der Waals surface area contributed by atoms with Crippen LogP contribution in [0.4, 0.5) is 14.5 Å². The van der Waals surface area contributed by atoms with Crippen LogP contribution in [0.15, 0.2) is 29.2 Å². The predicted molar refractivity (Wildman–Crippen MR) is 96.2 cm³/mol. The Hall–Kier alpha value is -1.99. The molecule has 1 atom stereocenters. The molecule has 0 aliphatic carbocycles. The van der Waals surface area contributed by atoms with E-state index >= 15 is 0 Å². The van der Waals surface area contributed by atoms with Crippen molar-refractivity contribution < 1.29 is 13.5 Å². The molecule has 1 aliphatic rings. The number of hydrogen-bond donors (Lipinski definition) is 0. The van der Waals surface area contributed by atoms with E-state index in [0.717, 1.165) is 42.7 Å². The van der Waals surface area contributed by atoms with E-state index < -0.39 is 17.2 Å². The Morgan fingerprint density at radius 1 is 1.35 bits per heavy atom. The normalized spacial score (nSPS) is 17.5. The van der Waals surface area contributed by atoms with Crippen LogP contribution in [0, 0.1) is 17.6 Å². The Bertz CT molecular complexity index is 844. The van der Waals surface area contributed by atoms with E-state index in [9.17, 15) is 13.6 Å². The number of anilines is 1. The minimum atomic E-state index is -0.877. The summed E-state index contributed by atoms with van der Waals surface area (Å²) in [6.45, 7) is 4.76. The van der Waals surface area contributed by atoms with Crippen molar-refractivity contribution in [1.29, 1.82) is 0 Å². The van der Waals surface area contributed by atoms with Crippen LogP contribution in [0.25, 0.3) is 5.69 Å². The number of nitrogens with zero attached hydrogens (tertiary/aromatic N) is 3. The topological polar surface area (TPSA) is 47.4 Å². The highest BCUT2D eigenvalue weighted by atomic mass is 35.5. The number of benzene rings is 1. The fraction of sp³-hybridized carbons (Fsp3) is 0.444. The average Bonchev–Trinajstić information content (AvgIpc) is 2.63. The predicted octanol–water partition coefficient (Wildman–Crippen LogP) is 3.42. The molecule has 1 aromatic carbocycles. The number of piperidine rings is 1. The Kier molecular flexibility index (Phi) is 5.88. The van der Waals surface area contributed by atoms with Crippen molar-refractivity contribution >= 4 is 17.3 Å². The maximum atomic E-state index is 14.0. The molecule has 0 radical (unpaired) electrons. The summed E-state index contributed by atoms with van der Waals surface area (Å²) in [6, 6.07) is 2.93. The summed E-state index contributed by atoms with van der Waals surface area (Å²) >= 11 is 6.27. The van der Waals surface area contributed by atoms with Crippen molar-refractivity contribution in [2.75, 3.05) is 31.2 Å². The zero-order valence-electron chi connectivity index (χ0n) is 14.4. The van der Waals surface area contributed by atoms with Crippen molar-refractivity contribution in [3.63, 3.8) is 0 Å². The first kappa shape index (κ1) is 18.8. The zero-order valence-corrected chi connectivity index (χ0v) is 15.2. The van der Waals surface area contributed by atoms with Gasteiger partial charge >= 0.3 is 0 Å². The zero-order chi connectivity index (χ0) is 18.7. The van der Waals surface area contributed by atoms with E-state index in [0.29, 0.717) is 30.9 Å². The van der Waals surface area contributed by atoms with Crippen molar-refractivity contribution in [3.05, 3.63) is 51.4 Å². The lowest BCUT2D eigenvalue weighted by Gasteiger charge is -2.34. The summed E-state index contributed by atoms with van der Waals surface area (Å²) in [7, 11) is 0. The molecule has 2 heterocycles. The summed E-state index contributed by atoms with van der Waals surface area (Å²) in [5, 5.41) is 4.02. The van der Waals surface area contributed by atoms with Gasteiger partial charge in [0.15, 0.2) is 5.82 Å². The largest absolute Gasteiger partial charge is 0.381 e. The third-order valence-corrected chi connectivity index (χ3v) is 4.81. The van der Waals surface area contributed by atoms with Gasteiger partial charge in [0.2, 0.25) is 0 Å². The van der Waals surface area contributed by atoms with Crippen LogP contribution in [0.5, 0.6) is 0 Å². The molecule has 140 valence electrons. The van der Waals surface area contributed by atoms with Crippen LogP contribution in [-0.2, 0) is 4.74 Å². The molecule has 1 unspecified atom stereocenters. The lowest BCUT2D eigenvalue weighted by molar-refractivity contribution is 0.104. The highest BCUT2D eigenvalue weighted by molar-refractivity contribution is 6.33. The van der Waals surface area contributed by atoms with Gasteiger partial charge in [-0.3, -0.25) is 4.79 Å². The first-order valence-electron chi connectivity index (χ1n) is 8.57. The smallest absolute Gasteiger partial charge is 0.292 e. The maximum absolute atomic E-state index is 14.0. The lowest BCUT2D eigenvalue weighted by atomic mass is 9.98. The molecule has 0 amide bonds. The highest BCUT2D eigenvalue weighted by Crippen LogP contribution is 2.27. The van der Waals surface area contributed by atoms with E-state index in [2.05, 4.69) is 5.10 Å². The summed E-state index contributed by atoms with van der Waals surface area (Å²) in [5.74, 6) is -1.24. The van der Waals surface area contributed by atoms with Gasteiger partial charge in [0.25, 0.3) is 5.56 Å². The van der Waals surface area contributed by atoms with Gasteiger partial charge in [0.05, 0.1) is 18.5 Å². The van der Waals surface area contributed by atoms with Crippen LogP contribution in [0.1, 0.15) is 19.8 Å². The van der Waals surface area contributed by atoms with Gasteiger partial charge in [0, 0.05) is 25.8 Å². The summed E-state index contributed by atoms with van der Waals surface area (Å²) in [4.78, 5) is 14.6. The summed E-state index contributed by atoms with van der Waals surface area (Å²) in [5.41, 5.74) is -0.254. The van der Waals surface area contributed by atoms with Crippen LogP contribution in [-0.4, -0.2) is 36.1 Å². The standard InChI is InChI=1S/C18H20ClF2N3O2/c1-2-26-11-12-4-3-7-23(10-12)16-9-22-24(18(25)17(16)19)15-6-5-13(20)8-14(15)21/h5-6,8-9,12H,2-4,7,10-11H2,1H3. The first-order valence-corrected chi connectivity index (χ1v) is 8.95. The summed E-state index contributed by atoms with van der Waals surface area (Å²) < 4.78 is 33.4. The molecule has 1 aromatic heterocycles. The van der Waals surface area contributed by atoms with Gasteiger partial charge in [0.1, 0.15) is 16.5 Å². The van der Waals surface area contributed by atoms with E-state index in [4.69, 9.17) is 16.3 Å². The van der Waals surface area contributed by atoms with Crippen LogP contribution >= 0.6 is 11.6 Å². The Labute approximate surface area is 155 Å². The van der Waals surface area contributed by atoms with Crippen LogP contribution < -0.4 is 10.5 Å². The van der Waals surface area contributed by atoms with E-state index in [-0.39, 0.29) is 10.7 Å². The minimum Gasteiger partial charge on any atom is -0.381 e. The second kappa shape index (κ2) is 8.14. The molecule has 1 fully saturated rings. The molecule has 2 aromatic rings. The second-order valence-corrected chi connectivity index (χ2v) is 6.65. The molecular formula is C18H20ClF2N3O2. The van der Waals surface area contributed by atoms with E-state index in [1.165, 1.54) is 6.20 Å². The number of halogens is 3. The molecular weight excluding hydrogens is 364 g/mol. The minimum absolute atomic E-state index is 0.0271. The molecule has 0 N–H and O–H groups in total. The number of aromatic nitrogens is 2. The van der Waals surface area contributed by atoms with Gasteiger partial charge in [-0.25, -0.2) is 8.78 Å². The van der Waals surface area contributed by atoms with E-state index in [1.54, 1.807) is 0 Å². The number of ether oxygens (including phenoxy) is 1. The third-order valence-electron chi connectivity index (χ3n) is 4.46. The molecule has 3 rings (SSSR count). The Morgan fingerprint density at radius 2 is 2.15 bits per heavy atom. The van der Waals surface area contributed by atoms with Crippen molar-refractivity contribution in [3.8, 4) is 5.69 Å². The van der Waals surface area contributed by atoms with Gasteiger partial charge in [-0.1, -0.05) is 11.6 Å². The van der Waals surface area contributed by atoms with Crippen molar-refractivity contribution in [2.45, 2.75) is 19.8 Å². The third kappa shape index (κ3) is 3.88. The number of rotatable bonds is 5. The first-order chi connectivity index (χ1) is 12.5. The SMILES string of the molecule is CCOCC1CCCN(c2cnn(-c3ccc(F)cc3F)c(=O)c2Cl)C1. The molecule has 8 heteroatoms. The Morgan fingerprint density at radius 3 is 2.88 bits per heavy atom.